The molecule has 1 saturated heterocycles. The Bertz CT molecular complexity index is 1380. The van der Waals surface area contributed by atoms with Gasteiger partial charge in [0.05, 0.1) is 42.6 Å². The summed E-state index contributed by atoms with van der Waals surface area (Å²) in [5.41, 5.74) is 0.438. The van der Waals surface area contributed by atoms with Gasteiger partial charge < -0.3 is 19.7 Å². The van der Waals surface area contributed by atoms with Gasteiger partial charge in [-0.3, -0.25) is 14.5 Å². The van der Waals surface area contributed by atoms with Crippen LogP contribution >= 0.6 is 34.5 Å². The molecule has 37 heavy (non-hydrogen) atoms. The topological polar surface area (TPSA) is 105 Å². The van der Waals surface area contributed by atoms with Crippen LogP contribution in [0.4, 0.5) is 5.69 Å². The van der Waals surface area contributed by atoms with Crippen LogP contribution in [0.2, 0.25) is 10.0 Å². The molecule has 2 amide bonds. The first-order chi connectivity index (χ1) is 17.7. The van der Waals surface area contributed by atoms with Crippen molar-refractivity contribution in [3.63, 3.8) is 0 Å². The third kappa shape index (κ3) is 5.88. The predicted octanol–water partition coefficient (Wildman–Crippen LogP) is 4.18. The van der Waals surface area contributed by atoms with Crippen LogP contribution in [0.1, 0.15) is 30.4 Å². The molecule has 0 radical (unpaired) electrons. The van der Waals surface area contributed by atoms with Crippen LogP contribution in [-0.4, -0.2) is 80.5 Å². The van der Waals surface area contributed by atoms with Crippen molar-refractivity contribution in [2.24, 2.45) is 0 Å². The van der Waals surface area contributed by atoms with Gasteiger partial charge in [-0.25, -0.2) is 9.59 Å². The average molecular weight is 564 g/mol. The molecular weight excluding hydrogens is 541 g/mol. The number of esters is 2. The van der Waals surface area contributed by atoms with Gasteiger partial charge in [0.1, 0.15) is 4.88 Å². The van der Waals surface area contributed by atoms with Crippen LogP contribution in [0.5, 0.6) is 0 Å². The Kier molecular flexibility index (Phi) is 8.33. The van der Waals surface area contributed by atoms with Crippen molar-refractivity contribution in [1.29, 1.82) is 0 Å². The highest BCUT2D eigenvalue weighted by Crippen LogP contribution is 2.37. The normalized spacial score (nSPS) is 13.9. The molecule has 0 bridgehead atoms. The number of hydrogen-bond donors (Lipinski definition) is 1. The second kappa shape index (κ2) is 11.5. The molecule has 0 saturated carbocycles. The van der Waals surface area contributed by atoms with Crippen LogP contribution in [0.3, 0.4) is 0 Å². The first kappa shape index (κ1) is 26.9. The number of methoxy groups -OCH3 is 2. The zero-order chi connectivity index (χ0) is 26.7. The third-order valence-corrected chi connectivity index (χ3v) is 7.81. The molecular formula is C25H23Cl2N3O6S. The van der Waals surface area contributed by atoms with Gasteiger partial charge >= 0.3 is 11.9 Å². The van der Waals surface area contributed by atoms with Crippen molar-refractivity contribution in [2.45, 2.75) is 0 Å². The summed E-state index contributed by atoms with van der Waals surface area (Å²) >= 11 is 13.8. The predicted molar refractivity (Wildman–Crippen MR) is 142 cm³/mol. The average Bonchev–Trinajstić information content (AvgIpc) is 3.22. The highest BCUT2D eigenvalue weighted by molar-refractivity contribution is 7.21. The number of amides is 2. The smallest absolute Gasteiger partial charge is 0.339 e. The molecule has 0 unspecified atom stereocenters. The van der Waals surface area contributed by atoms with E-state index >= 15 is 0 Å². The molecule has 4 rings (SSSR count). The molecule has 0 spiro atoms. The molecule has 0 aliphatic carbocycles. The number of piperazine rings is 1. The molecule has 1 aromatic heterocycles. The lowest BCUT2D eigenvalue weighted by Gasteiger charge is -2.34. The zero-order valence-electron chi connectivity index (χ0n) is 20.0. The van der Waals surface area contributed by atoms with Crippen molar-refractivity contribution >= 4 is 74.1 Å². The minimum atomic E-state index is -0.652. The van der Waals surface area contributed by atoms with E-state index in [2.05, 4.69) is 5.32 Å². The van der Waals surface area contributed by atoms with Crippen molar-refractivity contribution in [2.75, 3.05) is 52.3 Å². The van der Waals surface area contributed by atoms with Gasteiger partial charge in [-0.05, 0) is 30.3 Å². The second-order valence-corrected chi connectivity index (χ2v) is 10.1. The maximum absolute atomic E-state index is 13.1. The zero-order valence-corrected chi connectivity index (χ0v) is 22.3. The number of benzene rings is 2. The van der Waals surface area contributed by atoms with Crippen molar-refractivity contribution in [3.8, 4) is 0 Å². The molecule has 2 aromatic carbocycles. The number of carbonyl (C=O) groups excluding carboxylic acids is 4. The lowest BCUT2D eigenvalue weighted by atomic mass is 10.1. The fraction of sp³-hybridized carbons (Fsp3) is 0.280. The molecule has 1 aliphatic rings. The fourth-order valence-corrected chi connectivity index (χ4v) is 5.76. The summed E-state index contributed by atoms with van der Waals surface area (Å²) in [5, 5.41) is 4.46. The van der Waals surface area contributed by atoms with Gasteiger partial charge in [-0.1, -0.05) is 29.3 Å². The van der Waals surface area contributed by atoms with E-state index in [-0.39, 0.29) is 35.2 Å². The van der Waals surface area contributed by atoms with Gasteiger partial charge in [-0.2, -0.15) is 0 Å². The van der Waals surface area contributed by atoms with E-state index in [0.29, 0.717) is 41.1 Å². The number of anilines is 1. The largest absolute Gasteiger partial charge is 0.465 e. The number of carbonyl (C=O) groups is 4. The molecule has 9 nitrogen and oxygen atoms in total. The monoisotopic (exact) mass is 563 g/mol. The Hall–Kier alpha value is -3.18. The first-order valence-electron chi connectivity index (χ1n) is 11.2. The Morgan fingerprint density at radius 1 is 0.946 bits per heavy atom. The van der Waals surface area contributed by atoms with Gasteiger partial charge in [0, 0.05) is 41.3 Å². The summed E-state index contributed by atoms with van der Waals surface area (Å²) in [7, 11) is 2.47. The van der Waals surface area contributed by atoms with Crippen LogP contribution in [0, 0.1) is 0 Å². The Labute approximate surface area is 226 Å². The number of nitrogens with one attached hydrogen (secondary N) is 1. The summed E-state index contributed by atoms with van der Waals surface area (Å²) in [6.45, 7) is 1.82. The summed E-state index contributed by atoms with van der Waals surface area (Å²) in [6.07, 6.45) is 0. The van der Waals surface area contributed by atoms with Crippen molar-refractivity contribution in [1.82, 2.24) is 9.80 Å². The van der Waals surface area contributed by atoms with E-state index in [1.54, 1.807) is 23.1 Å². The van der Waals surface area contributed by atoms with E-state index in [1.165, 1.54) is 43.8 Å². The maximum atomic E-state index is 13.1. The first-order valence-corrected chi connectivity index (χ1v) is 12.8. The summed E-state index contributed by atoms with van der Waals surface area (Å²) in [4.78, 5) is 54.0. The van der Waals surface area contributed by atoms with Crippen LogP contribution in [0.25, 0.3) is 10.1 Å². The molecule has 2 heterocycles. The van der Waals surface area contributed by atoms with E-state index in [9.17, 15) is 19.2 Å². The highest BCUT2D eigenvalue weighted by Gasteiger charge is 2.27. The molecule has 1 fully saturated rings. The summed E-state index contributed by atoms with van der Waals surface area (Å²) in [5.74, 6) is -1.79. The number of thiophene rings is 1. The van der Waals surface area contributed by atoms with Crippen molar-refractivity contribution < 1.29 is 28.7 Å². The standard InChI is InChI=1S/C25H23Cl2N3O6S/c1-35-24(33)14-3-5-16(25(34)36-2)18(11-14)28-20(31)13-29-7-9-30(10-8-29)23(32)22-21(27)17-6-4-15(26)12-19(17)37-22/h3-6,11-12H,7-10,13H2,1-2H3,(H,28,31). The highest BCUT2D eigenvalue weighted by atomic mass is 35.5. The number of ether oxygens (including phenoxy) is 2. The third-order valence-electron chi connectivity index (χ3n) is 5.93. The summed E-state index contributed by atoms with van der Waals surface area (Å²) in [6, 6.07) is 9.51. The minimum Gasteiger partial charge on any atom is -0.465 e. The van der Waals surface area contributed by atoms with Gasteiger partial charge in [0.25, 0.3) is 5.91 Å². The van der Waals surface area contributed by atoms with Crippen LogP contribution in [0.15, 0.2) is 36.4 Å². The van der Waals surface area contributed by atoms with E-state index < -0.39 is 11.9 Å². The van der Waals surface area contributed by atoms with E-state index in [0.717, 1.165) is 10.1 Å². The number of rotatable bonds is 6. The number of halogens is 2. The van der Waals surface area contributed by atoms with Gasteiger partial charge in [0.2, 0.25) is 5.91 Å². The fourth-order valence-electron chi connectivity index (χ4n) is 4.00. The molecule has 1 N–H and O–H groups in total. The minimum absolute atomic E-state index is 0.0350. The molecule has 1 aliphatic heterocycles. The lowest BCUT2D eigenvalue weighted by Crippen LogP contribution is -2.50. The number of fused-ring (bicyclic) bond motifs is 1. The molecule has 12 heteroatoms. The summed E-state index contributed by atoms with van der Waals surface area (Å²) < 4.78 is 10.3. The van der Waals surface area contributed by atoms with E-state index in [1.807, 2.05) is 4.90 Å². The van der Waals surface area contributed by atoms with Crippen LogP contribution < -0.4 is 5.32 Å². The molecule has 3 aromatic rings. The lowest BCUT2D eigenvalue weighted by molar-refractivity contribution is -0.117. The van der Waals surface area contributed by atoms with Gasteiger partial charge in [-0.15, -0.1) is 11.3 Å². The second-order valence-electron chi connectivity index (χ2n) is 8.25. The molecule has 0 atom stereocenters. The quantitative estimate of drug-likeness (QED) is 0.448. The Balaban J connectivity index is 1.38. The van der Waals surface area contributed by atoms with Crippen LogP contribution in [-0.2, 0) is 14.3 Å². The number of nitrogens with zero attached hydrogens (tertiary/aromatic N) is 2. The van der Waals surface area contributed by atoms with Crippen molar-refractivity contribution in [3.05, 3.63) is 62.4 Å². The maximum Gasteiger partial charge on any atom is 0.339 e. The SMILES string of the molecule is COC(=O)c1ccc(C(=O)OC)c(NC(=O)CN2CCN(C(=O)c3sc4cc(Cl)ccc4c3Cl)CC2)c1. The number of hydrogen-bond acceptors (Lipinski definition) is 8. The van der Waals surface area contributed by atoms with Gasteiger partial charge in [0.15, 0.2) is 0 Å². The molecule has 194 valence electrons. The van der Waals surface area contributed by atoms with E-state index in [4.69, 9.17) is 32.7 Å². The Morgan fingerprint density at radius 3 is 2.32 bits per heavy atom. The Morgan fingerprint density at radius 2 is 1.65 bits per heavy atom.